The number of carbonyl (C=O) groups excluding carboxylic acids is 1. The Kier molecular flexibility index (Phi) is 5.55. The van der Waals surface area contributed by atoms with Crippen molar-refractivity contribution in [2.75, 3.05) is 7.11 Å². The van der Waals surface area contributed by atoms with Crippen LogP contribution in [0.1, 0.15) is 35.3 Å². The number of aromatic nitrogens is 2. The van der Waals surface area contributed by atoms with E-state index in [1.54, 1.807) is 7.11 Å². The zero-order valence-corrected chi connectivity index (χ0v) is 16.3. The lowest BCUT2D eigenvalue weighted by molar-refractivity contribution is -0.123. The first kappa shape index (κ1) is 20.1. The number of carbonyl (C=O) groups is 1. The van der Waals surface area contributed by atoms with Gasteiger partial charge in [0.05, 0.1) is 6.10 Å². The molecule has 1 aliphatic carbocycles. The highest BCUT2D eigenvalue weighted by Crippen LogP contribution is 2.41. The fourth-order valence-corrected chi connectivity index (χ4v) is 4.24. The van der Waals surface area contributed by atoms with Gasteiger partial charge in [-0.1, -0.05) is 30.3 Å². The fourth-order valence-electron chi connectivity index (χ4n) is 4.24. The van der Waals surface area contributed by atoms with Crippen molar-refractivity contribution in [1.82, 2.24) is 9.78 Å². The number of fused-ring (bicyclic) bond motifs is 1. The molecule has 0 spiro atoms. The number of benzene rings is 2. The Morgan fingerprint density at radius 2 is 2.00 bits per heavy atom. The lowest BCUT2D eigenvalue weighted by Crippen LogP contribution is -2.34. The molecule has 0 aliphatic heterocycles. The predicted molar refractivity (Wildman–Crippen MR) is 106 cm³/mol. The molecule has 3 atom stereocenters. The van der Waals surface area contributed by atoms with Crippen LogP contribution in [0.25, 0.3) is 0 Å². The summed E-state index contributed by atoms with van der Waals surface area (Å²) >= 11 is 0. The SMILES string of the molecule is COC1c2ccccc2CC1CC(=O)C(c1ccc(F)cc1F)n1ncccc1=O. The molecule has 3 aromatic rings. The molecule has 0 fully saturated rings. The molecule has 154 valence electrons. The summed E-state index contributed by atoms with van der Waals surface area (Å²) in [6.07, 6.45) is 1.77. The molecular weight excluding hydrogens is 390 g/mol. The number of nitrogens with zero attached hydrogens (tertiary/aromatic N) is 2. The minimum atomic E-state index is -1.29. The van der Waals surface area contributed by atoms with Crippen LogP contribution in [0.4, 0.5) is 8.78 Å². The van der Waals surface area contributed by atoms with E-state index in [2.05, 4.69) is 5.10 Å². The van der Waals surface area contributed by atoms with Crippen molar-refractivity contribution in [3.63, 3.8) is 0 Å². The van der Waals surface area contributed by atoms with Crippen LogP contribution >= 0.6 is 0 Å². The number of ketones is 1. The molecule has 0 amide bonds. The van der Waals surface area contributed by atoms with E-state index < -0.39 is 23.2 Å². The minimum absolute atomic E-state index is 0.0533. The summed E-state index contributed by atoms with van der Waals surface area (Å²) in [4.78, 5) is 25.8. The van der Waals surface area contributed by atoms with E-state index in [1.807, 2.05) is 24.3 Å². The fraction of sp³-hybridized carbons (Fsp3) is 0.261. The number of methoxy groups -OCH3 is 1. The molecule has 2 aromatic carbocycles. The van der Waals surface area contributed by atoms with Crippen LogP contribution in [0.3, 0.4) is 0 Å². The van der Waals surface area contributed by atoms with E-state index in [-0.39, 0.29) is 29.8 Å². The molecule has 7 heteroatoms. The topological polar surface area (TPSA) is 61.2 Å². The van der Waals surface area contributed by atoms with Gasteiger partial charge < -0.3 is 4.74 Å². The second-order valence-electron chi connectivity index (χ2n) is 7.36. The number of hydrogen-bond acceptors (Lipinski definition) is 4. The summed E-state index contributed by atoms with van der Waals surface area (Å²) in [5.74, 6) is -2.21. The first-order valence-corrected chi connectivity index (χ1v) is 9.61. The number of Topliss-reactive ketones (excluding diaryl/α,β-unsaturated/α-hetero) is 1. The Labute approximate surface area is 171 Å². The van der Waals surface area contributed by atoms with Gasteiger partial charge >= 0.3 is 0 Å². The van der Waals surface area contributed by atoms with Crippen LogP contribution in [-0.2, 0) is 16.0 Å². The van der Waals surface area contributed by atoms with E-state index in [1.165, 1.54) is 24.4 Å². The molecule has 1 aliphatic rings. The van der Waals surface area contributed by atoms with Crippen molar-refractivity contribution >= 4 is 5.78 Å². The molecule has 1 aromatic heterocycles. The van der Waals surface area contributed by atoms with Crippen molar-refractivity contribution in [3.8, 4) is 0 Å². The van der Waals surface area contributed by atoms with E-state index in [0.29, 0.717) is 12.5 Å². The summed E-state index contributed by atoms with van der Waals surface area (Å²) < 4.78 is 34.6. The first-order valence-electron chi connectivity index (χ1n) is 9.61. The van der Waals surface area contributed by atoms with E-state index in [0.717, 1.165) is 21.9 Å². The van der Waals surface area contributed by atoms with Crippen molar-refractivity contribution in [2.45, 2.75) is 25.0 Å². The highest BCUT2D eigenvalue weighted by Gasteiger charge is 2.37. The van der Waals surface area contributed by atoms with Gasteiger partial charge in [-0.05, 0) is 29.7 Å². The third kappa shape index (κ3) is 3.68. The summed E-state index contributed by atoms with van der Waals surface area (Å²) in [6, 6.07) is 12.2. The summed E-state index contributed by atoms with van der Waals surface area (Å²) in [6.45, 7) is 0. The molecular formula is C23H20F2N2O3. The van der Waals surface area contributed by atoms with Crippen LogP contribution in [-0.4, -0.2) is 22.7 Å². The van der Waals surface area contributed by atoms with E-state index in [9.17, 15) is 18.4 Å². The Bertz CT molecular complexity index is 1150. The molecule has 0 saturated heterocycles. The van der Waals surface area contributed by atoms with Crippen molar-refractivity contribution in [3.05, 3.63) is 99.5 Å². The molecule has 4 rings (SSSR count). The van der Waals surface area contributed by atoms with Gasteiger partial charge in [0.1, 0.15) is 17.7 Å². The van der Waals surface area contributed by atoms with Crippen LogP contribution in [0, 0.1) is 17.6 Å². The molecule has 1 heterocycles. The van der Waals surface area contributed by atoms with Crippen molar-refractivity contribution in [1.29, 1.82) is 0 Å². The zero-order valence-electron chi connectivity index (χ0n) is 16.3. The summed E-state index contributed by atoms with van der Waals surface area (Å²) in [5, 5.41) is 3.98. The van der Waals surface area contributed by atoms with Gasteiger partial charge in [-0.3, -0.25) is 9.59 Å². The van der Waals surface area contributed by atoms with E-state index >= 15 is 0 Å². The quantitative estimate of drug-likeness (QED) is 0.623. The molecule has 30 heavy (non-hydrogen) atoms. The molecule has 0 bridgehead atoms. The molecule has 0 radical (unpaired) electrons. The smallest absolute Gasteiger partial charge is 0.267 e. The number of ether oxygens (including phenoxy) is 1. The average Bonchev–Trinajstić information content (AvgIpc) is 3.08. The molecule has 0 saturated carbocycles. The van der Waals surface area contributed by atoms with Crippen molar-refractivity contribution in [2.24, 2.45) is 5.92 Å². The molecule has 3 unspecified atom stereocenters. The lowest BCUT2D eigenvalue weighted by Gasteiger charge is -2.23. The van der Waals surface area contributed by atoms with Crippen LogP contribution in [0.2, 0.25) is 0 Å². The van der Waals surface area contributed by atoms with Gasteiger partial charge in [-0.25, -0.2) is 13.5 Å². The number of rotatable bonds is 6. The largest absolute Gasteiger partial charge is 0.376 e. The van der Waals surface area contributed by atoms with Crippen molar-refractivity contribution < 1.29 is 18.3 Å². The van der Waals surface area contributed by atoms with Crippen LogP contribution in [0.5, 0.6) is 0 Å². The summed E-state index contributed by atoms with van der Waals surface area (Å²) in [7, 11) is 1.59. The third-order valence-electron chi connectivity index (χ3n) is 5.54. The van der Waals surface area contributed by atoms with Gasteiger partial charge in [0.2, 0.25) is 0 Å². The Morgan fingerprint density at radius 1 is 1.20 bits per heavy atom. The van der Waals surface area contributed by atoms with Gasteiger partial charge in [0.15, 0.2) is 5.78 Å². The second-order valence-corrected chi connectivity index (χ2v) is 7.36. The standard InChI is InChI=1S/C23H20F2N2O3/c1-30-23-15(11-14-5-2-3-6-17(14)23)12-20(28)22(27-21(29)7-4-10-26-27)18-9-8-16(24)13-19(18)25/h2-10,13,15,22-23H,11-12H2,1H3. The average molecular weight is 410 g/mol. The maximum Gasteiger partial charge on any atom is 0.267 e. The monoisotopic (exact) mass is 410 g/mol. The Balaban J connectivity index is 1.70. The van der Waals surface area contributed by atoms with Gasteiger partial charge in [-0.2, -0.15) is 5.10 Å². The normalized spacial score (nSPS) is 18.8. The predicted octanol–water partition coefficient (Wildman–Crippen LogP) is 3.63. The third-order valence-corrected chi connectivity index (χ3v) is 5.54. The Hall–Kier alpha value is -3.19. The van der Waals surface area contributed by atoms with Gasteiger partial charge in [-0.15, -0.1) is 0 Å². The molecule has 0 N–H and O–H groups in total. The number of halogens is 2. The maximum absolute atomic E-state index is 14.6. The second kappa shape index (κ2) is 8.28. The highest BCUT2D eigenvalue weighted by molar-refractivity contribution is 5.86. The zero-order chi connectivity index (χ0) is 21.3. The van der Waals surface area contributed by atoms with Gasteiger partial charge in [0.25, 0.3) is 5.56 Å². The maximum atomic E-state index is 14.6. The minimum Gasteiger partial charge on any atom is -0.376 e. The van der Waals surface area contributed by atoms with Crippen LogP contribution < -0.4 is 5.56 Å². The highest BCUT2D eigenvalue weighted by atomic mass is 19.1. The number of hydrogen-bond donors (Lipinski definition) is 0. The van der Waals surface area contributed by atoms with Gasteiger partial charge in [0, 0.05) is 43.3 Å². The summed E-state index contributed by atoms with van der Waals surface area (Å²) in [5.41, 5.74) is 1.49. The lowest BCUT2D eigenvalue weighted by atomic mass is 9.91. The van der Waals surface area contributed by atoms with Crippen LogP contribution in [0.15, 0.2) is 65.6 Å². The first-order chi connectivity index (χ1) is 14.5. The Morgan fingerprint density at radius 3 is 2.73 bits per heavy atom. The molecule has 5 nitrogen and oxygen atoms in total. The van der Waals surface area contributed by atoms with E-state index in [4.69, 9.17) is 4.74 Å².